The summed E-state index contributed by atoms with van der Waals surface area (Å²) in [5.41, 5.74) is -0.496. The molecule has 0 unspecified atom stereocenters. The highest BCUT2D eigenvalue weighted by molar-refractivity contribution is 5.57. The summed E-state index contributed by atoms with van der Waals surface area (Å²) in [4.78, 5) is 3.44. The molecule has 0 aliphatic rings. The Morgan fingerprint density at radius 2 is 1.93 bits per heavy atom. The molecule has 2 rings (SSSR count). The molecule has 2 aromatic rings. The Balaban J connectivity index is 2.69. The molecule has 7 heteroatoms. The van der Waals surface area contributed by atoms with Crippen molar-refractivity contribution in [3.8, 4) is 17.2 Å². The molecule has 0 fully saturated rings. The highest BCUT2D eigenvalue weighted by Crippen LogP contribution is 2.31. The molecular weight excluding hydrogens is 213 g/mol. The van der Waals surface area contributed by atoms with Gasteiger partial charge in [-0.25, -0.2) is 8.78 Å². The second-order valence-corrected chi connectivity index (χ2v) is 2.63. The predicted molar refractivity (Wildman–Crippen MR) is 41.3 cm³/mol. The van der Waals surface area contributed by atoms with Gasteiger partial charge in [0.05, 0.1) is 5.56 Å². The van der Waals surface area contributed by atoms with Gasteiger partial charge in [-0.2, -0.15) is 9.37 Å². The predicted octanol–water partition coefficient (Wildman–Crippen LogP) is 1.86. The summed E-state index contributed by atoms with van der Waals surface area (Å²) in [6.45, 7) is 0. The number of rotatable bonds is 1. The van der Waals surface area contributed by atoms with E-state index >= 15 is 0 Å². The van der Waals surface area contributed by atoms with Crippen LogP contribution in [0.3, 0.4) is 0 Å². The molecule has 0 aliphatic carbocycles. The smallest absolute Gasteiger partial charge is 0.260 e. The van der Waals surface area contributed by atoms with Crippen molar-refractivity contribution in [1.82, 2.24) is 10.1 Å². The molecule has 0 saturated heterocycles. The molecule has 0 radical (unpaired) electrons. The van der Waals surface area contributed by atoms with Crippen LogP contribution in [0.4, 0.5) is 13.2 Å². The Bertz CT molecular complexity index is 499. The molecule has 0 spiro atoms. The van der Waals surface area contributed by atoms with Crippen LogP contribution in [0.5, 0.6) is 5.75 Å². The van der Waals surface area contributed by atoms with Crippen molar-refractivity contribution in [1.29, 1.82) is 0 Å². The van der Waals surface area contributed by atoms with Crippen LogP contribution in [-0.4, -0.2) is 15.2 Å². The zero-order chi connectivity index (χ0) is 11.0. The van der Waals surface area contributed by atoms with Gasteiger partial charge in [-0.1, -0.05) is 5.16 Å². The van der Waals surface area contributed by atoms with E-state index in [9.17, 15) is 13.2 Å². The van der Waals surface area contributed by atoms with Crippen LogP contribution < -0.4 is 0 Å². The third-order valence-corrected chi connectivity index (χ3v) is 1.72. The van der Waals surface area contributed by atoms with Gasteiger partial charge in [0, 0.05) is 0 Å². The highest BCUT2D eigenvalue weighted by atomic mass is 19.2. The molecule has 1 N–H and O–H groups in total. The average Bonchev–Trinajstić information content (AvgIpc) is 2.73. The van der Waals surface area contributed by atoms with Gasteiger partial charge in [-0.15, -0.1) is 0 Å². The normalized spacial score (nSPS) is 10.6. The summed E-state index contributed by atoms with van der Waals surface area (Å²) < 4.78 is 43.2. The maximum absolute atomic E-state index is 13.2. The molecule has 0 bridgehead atoms. The SMILES string of the molecule is Oc1c(F)c(F)cc(-c2ncno2)c1F. The summed E-state index contributed by atoms with van der Waals surface area (Å²) in [5, 5.41) is 12.1. The van der Waals surface area contributed by atoms with Crippen LogP contribution in [0.15, 0.2) is 16.9 Å². The molecule has 0 saturated carbocycles. The number of benzene rings is 1. The molecule has 78 valence electrons. The Labute approximate surface area is 81.0 Å². The zero-order valence-electron chi connectivity index (χ0n) is 7.04. The van der Waals surface area contributed by atoms with E-state index in [4.69, 9.17) is 5.11 Å². The van der Waals surface area contributed by atoms with Gasteiger partial charge in [-0.05, 0) is 6.07 Å². The van der Waals surface area contributed by atoms with Crippen molar-refractivity contribution in [2.75, 3.05) is 0 Å². The monoisotopic (exact) mass is 216 g/mol. The van der Waals surface area contributed by atoms with Crippen LogP contribution in [0.1, 0.15) is 0 Å². The van der Waals surface area contributed by atoms with Gasteiger partial charge in [0.15, 0.2) is 23.7 Å². The first-order chi connectivity index (χ1) is 7.11. The van der Waals surface area contributed by atoms with E-state index in [-0.39, 0.29) is 5.89 Å². The Kier molecular flexibility index (Phi) is 2.07. The topological polar surface area (TPSA) is 59.2 Å². The average molecular weight is 216 g/mol. The van der Waals surface area contributed by atoms with E-state index in [0.717, 1.165) is 6.33 Å². The number of hydrogen-bond donors (Lipinski definition) is 1. The van der Waals surface area contributed by atoms with Gasteiger partial charge < -0.3 is 9.63 Å². The van der Waals surface area contributed by atoms with Crippen molar-refractivity contribution in [2.24, 2.45) is 0 Å². The van der Waals surface area contributed by atoms with Crippen molar-refractivity contribution < 1.29 is 22.8 Å². The number of hydrogen-bond acceptors (Lipinski definition) is 4. The molecule has 0 atom stereocenters. The third-order valence-electron chi connectivity index (χ3n) is 1.72. The summed E-state index contributed by atoms with van der Waals surface area (Å²) in [6, 6.07) is 0.526. The van der Waals surface area contributed by atoms with E-state index in [1.807, 2.05) is 0 Å². The van der Waals surface area contributed by atoms with E-state index in [1.165, 1.54) is 0 Å². The minimum Gasteiger partial charge on any atom is -0.503 e. The number of nitrogens with zero attached hydrogens (tertiary/aromatic N) is 2. The fourth-order valence-electron chi connectivity index (χ4n) is 1.04. The number of aromatic nitrogens is 2. The lowest BCUT2D eigenvalue weighted by Crippen LogP contribution is -1.93. The molecular formula is C8H3F3N2O2. The van der Waals surface area contributed by atoms with Gasteiger partial charge in [0.2, 0.25) is 5.82 Å². The summed E-state index contributed by atoms with van der Waals surface area (Å²) in [6.07, 6.45) is 0.965. The van der Waals surface area contributed by atoms with Crippen molar-refractivity contribution >= 4 is 0 Å². The lowest BCUT2D eigenvalue weighted by molar-refractivity contribution is 0.374. The largest absolute Gasteiger partial charge is 0.503 e. The Hall–Kier alpha value is -2.05. The summed E-state index contributed by atoms with van der Waals surface area (Å²) in [7, 11) is 0. The van der Waals surface area contributed by atoms with Gasteiger partial charge in [0.25, 0.3) is 5.89 Å². The van der Waals surface area contributed by atoms with Gasteiger partial charge >= 0.3 is 0 Å². The van der Waals surface area contributed by atoms with Gasteiger partial charge in [-0.3, -0.25) is 0 Å². The number of phenolic OH excluding ortho intramolecular Hbond substituents is 1. The van der Waals surface area contributed by atoms with Crippen LogP contribution in [-0.2, 0) is 0 Å². The third kappa shape index (κ3) is 1.41. The minimum atomic E-state index is -1.66. The molecule has 0 amide bonds. The highest BCUT2D eigenvalue weighted by Gasteiger charge is 2.21. The lowest BCUT2D eigenvalue weighted by atomic mass is 10.2. The molecule has 1 aromatic heterocycles. The van der Waals surface area contributed by atoms with E-state index in [2.05, 4.69) is 14.7 Å². The van der Waals surface area contributed by atoms with E-state index in [1.54, 1.807) is 0 Å². The lowest BCUT2D eigenvalue weighted by Gasteiger charge is -2.02. The molecule has 1 heterocycles. The van der Waals surface area contributed by atoms with Crippen LogP contribution in [0.2, 0.25) is 0 Å². The van der Waals surface area contributed by atoms with Crippen molar-refractivity contribution in [3.63, 3.8) is 0 Å². The fraction of sp³-hybridized carbons (Fsp3) is 0. The van der Waals surface area contributed by atoms with E-state index in [0.29, 0.717) is 6.07 Å². The van der Waals surface area contributed by atoms with Crippen molar-refractivity contribution in [3.05, 3.63) is 29.8 Å². The van der Waals surface area contributed by atoms with Crippen LogP contribution in [0.25, 0.3) is 11.5 Å². The molecule has 15 heavy (non-hydrogen) atoms. The summed E-state index contributed by atoms with van der Waals surface area (Å²) in [5.74, 6) is -6.17. The Morgan fingerprint density at radius 1 is 1.20 bits per heavy atom. The Morgan fingerprint density at radius 3 is 2.53 bits per heavy atom. The van der Waals surface area contributed by atoms with Gasteiger partial charge in [0.1, 0.15) is 0 Å². The van der Waals surface area contributed by atoms with Crippen molar-refractivity contribution in [2.45, 2.75) is 0 Å². The number of aromatic hydroxyl groups is 1. The minimum absolute atomic E-state index is 0.346. The number of halogens is 3. The first-order valence-electron chi connectivity index (χ1n) is 3.74. The quantitative estimate of drug-likeness (QED) is 0.739. The second kappa shape index (κ2) is 3.26. The summed E-state index contributed by atoms with van der Waals surface area (Å²) >= 11 is 0. The molecule has 0 aliphatic heterocycles. The molecule has 1 aromatic carbocycles. The fourth-order valence-corrected chi connectivity index (χ4v) is 1.04. The maximum Gasteiger partial charge on any atom is 0.260 e. The van der Waals surface area contributed by atoms with Crippen LogP contribution in [0, 0.1) is 17.5 Å². The molecule has 4 nitrogen and oxygen atoms in total. The first kappa shape index (κ1) is 9.50. The van der Waals surface area contributed by atoms with Crippen LogP contribution >= 0.6 is 0 Å². The number of phenols is 1. The first-order valence-corrected chi connectivity index (χ1v) is 3.74. The standard InChI is InChI=1S/C8H3F3N2O2/c9-4-1-3(8-12-2-13-15-8)5(10)7(14)6(4)11/h1-2,14H. The second-order valence-electron chi connectivity index (χ2n) is 2.63. The zero-order valence-corrected chi connectivity index (χ0v) is 7.04. The van der Waals surface area contributed by atoms with E-state index < -0.39 is 28.8 Å². The maximum atomic E-state index is 13.2.